The fourth-order valence-corrected chi connectivity index (χ4v) is 4.46. The zero-order valence-corrected chi connectivity index (χ0v) is 14.0. The molecule has 2 atom stereocenters. The van der Waals surface area contributed by atoms with Crippen LogP contribution in [0, 0.1) is 0 Å². The van der Waals surface area contributed by atoms with Gasteiger partial charge in [0.25, 0.3) is 10.2 Å². The highest BCUT2D eigenvalue weighted by atomic mass is 32.2. The summed E-state index contributed by atoms with van der Waals surface area (Å²) in [5.74, 6) is 0. The second kappa shape index (κ2) is 7.87. The van der Waals surface area contributed by atoms with Crippen molar-refractivity contribution in [1.29, 1.82) is 0 Å². The van der Waals surface area contributed by atoms with Crippen molar-refractivity contribution in [3.05, 3.63) is 0 Å². The van der Waals surface area contributed by atoms with Crippen LogP contribution in [0.25, 0.3) is 0 Å². The predicted molar refractivity (Wildman–Crippen MR) is 83.4 cm³/mol. The molecule has 6 nitrogen and oxygen atoms in total. The number of rotatable bonds is 7. The standard InChI is InChI=1S/C14H29N3O3S/c1-12(2)15-10-13-6-3-4-8-17(13)21(18,19)16-11-14-7-5-9-20-14/h12-16H,3-11H2,1-2H3. The fraction of sp³-hybridized carbons (Fsp3) is 1.00. The summed E-state index contributed by atoms with van der Waals surface area (Å²) in [6.07, 6.45) is 4.98. The molecule has 2 N–H and O–H groups in total. The molecule has 124 valence electrons. The smallest absolute Gasteiger partial charge is 0.279 e. The Morgan fingerprint density at radius 1 is 1.19 bits per heavy atom. The average molecular weight is 319 g/mol. The maximum absolute atomic E-state index is 12.5. The van der Waals surface area contributed by atoms with Crippen molar-refractivity contribution in [1.82, 2.24) is 14.3 Å². The van der Waals surface area contributed by atoms with Crippen LogP contribution in [-0.2, 0) is 14.9 Å². The van der Waals surface area contributed by atoms with E-state index >= 15 is 0 Å². The van der Waals surface area contributed by atoms with Gasteiger partial charge in [0.1, 0.15) is 0 Å². The second-order valence-electron chi connectivity index (χ2n) is 6.31. The van der Waals surface area contributed by atoms with Gasteiger partial charge in [-0.2, -0.15) is 17.4 Å². The highest BCUT2D eigenvalue weighted by Crippen LogP contribution is 2.20. The van der Waals surface area contributed by atoms with E-state index in [1.165, 1.54) is 0 Å². The Kier molecular flexibility index (Phi) is 6.43. The van der Waals surface area contributed by atoms with Crippen molar-refractivity contribution in [2.24, 2.45) is 0 Å². The second-order valence-corrected chi connectivity index (χ2v) is 8.02. The molecule has 2 heterocycles. The molecule has 0 radical (unpaired) electrons. The van der Waals surface area contributed by atoms with Crippen LogP contribution in [0.1, 0.15) is 46.0 Å². The molecule has 7 heteroatoms. The number of nitrogens with one attached hydrogen (secondary N) is 2. The van der Waals surface area contributed by atoms with Crippen LogP contribution in [0.2, 0.25) is 0 Å². The summed E-state index contributed by atoms with van der Waals surface area (Å²) < 4.78 is 34.9. The minimum atomic E-state index is -3.40. The lowest BCUT2D eigenvalue weighted by Gasteiger charge is -2.35. The molecule has 2 fully saturated rings. The number of ether oxygens (including phenoxy) is 1. The quantitative estimate of drug-likeness (QED) is 0.730. The molecule has 0 aromatic heterocycles. The van der Waals surface area contributed by atoms with Crippen molar-refractivity contribution in [2.75, 3.05) is 26.2 Å². The monoisotopic (exact) mass is 319 g/mol. The normalized spacial score (nSPS) is 28.3. The molecular weight excluding hydrogens is 290 g/mol. The third-order valence-corrected chi connectivity index (χ3v) is 5.79. The topological polar surface area (TPSA) is 70.7 Å². The lowest BCUT2D eigenvalue weighted by atomic mass is 10.0. The summed E-state index contributed by atoms with van der Waals surface area (Å²) in [7, 11) is -3.40. The summed E-state index contributed by atoms with van der Waals surface area (Å²) in [4.78, 5) is 0. The van der Waals surface area contributed by atoms with E-state index in [2.05, 4.69) is 23.9 Å². The van der Waals surface area contributed by atoms with Gasteiger partial charge in [0, 0.05) is 38.3 Å². The van der Waals surface area contributed by atoms with E-state index in [9.17, 15) is 8.42 Å². The van der Waals surface area contributed by atoms with Gasteiger partial charge in [0.05, 0.1) is 6.10 Å². The summed E-state index contributed by atoms with van der Waals surface area (Å²) in [6.45, 7) is 6.64. The number of hydrogen-bond donors (Lipinski definition) is 2. The molecular formula is C14H29N3O3S. The first-order valence-corrected chi connectivity index (χ1v) is 9.54. The van der Waals surface area contributed by atoms with Crippen LogP contribution in [0.4, 0.5) is 0 Å². The van der Waals surface area contributed by atoms with Gasteiger partial charge in [-0.05, 0) is 25.7 Å². The third-order valence-electron chi connectivity index (χ3n) is 4.16. The van der Waals surface area contributed by atoms with Gasteiger partial charge in [-0.25, -0.2) is 0 Å². The largest absolute Gasteiger partial charge is 0.377 e. The number of nitrogens with zero attached hydrogens (tertiary/aromatic N) is 1. The van der Waals surface area contributed by atoms with Crippen molar-refractivity contribution in [3.63, 3.8) is 0 Å². The van der Waals surface area contributed by atoms with E-state index in [0.29, 0.717) is 19.1 Å². The molecule has 0 amide bonds. The molecule has 0 bridgehead atoms. The van der Waals surface area contributed by atoms with Crippen LogP contribution >= 0.6 is 0 Å². The Bertz CT molecular complexity index is 408. The molecule has 21 heavy (non-hydrogen) atoms. The van der Waals surface area contributed by atoms with E-state index in [1.54, 1.807) is 4.31 Å². The molecule has 0 spiro atoms. The molecule has 0 saturated carbocycles. The van der Waals surface area contributed by atoms with Gasteiger partial charge in [-0.1, -0.05) is 20.3 Å². The first-order chi connectivity index (χ1) is 9.99. The minimum absolute atomic E-state index is 0.0387. The third kappa shape index (κ3) is 5.17. The highest BCUT2D eigenvalue weighted by Gasteiger charge is 2.32. The first kappa shape index (κ1) is 17.1. The van der Waals surface area contributed by atoms with Crippen molar-refractivity contribution in [3.8, 4) is 0 Å². The average Bonchev–Trinajstić information content (AvgIpc) is 2.97. The molecule has 2 saturated heterocycles. The van der Waals surface area contributed by atoms with E-state index in [0.717, 1.165) is 45.3 Å². The highest BCUT2D eigenvalue weighted by molar-refractivity contribution is 7.87. The molecule has 2 aliphatic rings. The Morgan fingerprint density at radius 2 is 2.00 bits per heavy atom. The molecule has 0 aliphatic carbocycles. The van der Waals surface area contributed by atoms with Gasteiger partial charge in [0.15, 0.2) is 0 Å². The number of piperidine rings is 1. The van der Waals surface area contributed by atoms with Gasteiger partial charge in [-0.15, -0.1) is 0 Å². The van der Waals surface area contributed by atoms with Crippen LogP contribution in [0.3, 0.4) is 0 Å². The van der Waals surface area contributed by atoms with Crippen molar-refractivity contribution in [2.45, 2.75) is 64.1 Å². The predicted octanol–water partition coefficient (Wildman–Crippen LogP) is 0.852. The van der Waals surface area contributed by atoms with Crippen molar-refractivity contribution >= 4 is 10.2 Å². The van der Waals surface area contributed by atoms with Crippen LogP contribution in [0.5, 0.6) is 0 Å². The Balaban J connectivity index is 1.90. The van der Waals surface area contributed by atoms with E-state index in [1.807, 2.05) is 0 Å². The summed E-state index contributed by atoms with van der Waals surface area (Å²) in [5.41, 5.74) is 0. The maximum Gasteiger partial charge on any atom is 0.279 e. The lowest BCUT2D eigenvalue weighted by molar-refractivity contribution is 0.113. The zero-order valence-electron chi connectivity index (χ0n) is 13.2. The molecule has 0 aromatic carbocycles. The molecule has 2 unspecified atom stereocenters. The molecule has 2 rings (SSSR count). The Morgan fingerprint density at radius 3 is 2.67 bits per heavy atom. The van der Waals surface area contributed by atoms with Crippen LogP contribution in [0.15, 0.2) is 0 Å². The van der Waals surface area contributed by atoms with E-state index < -0.39 is 10.2 Å². The summed E-state index contributed by atoms with van der Waals surface area (Å²) in [5, 5.41) is 3.36. The lowest BCUT2D eigenvalue weighted by Crippen LogP contribution is -2.53. The van der Waals surface area contributed by atoms with Gasteiger partial charge >= 0.3 is 0 Å². The Hall–Kier alpha value is -0.210. The zero-order chi connectivity index (χ0) is 15.3. The van der Waals surface area contributed by atoms with Gasteiger partial charge in [0.2, 0.25) is 0 Å². The number of hydrogen-bond acceptors (Lipinski definition) is 4. The molecule has 2 aliphatic heterocycles. The maximum atomic E-state index is 12.5. The molecule has 0 aromatic rings. The van der Waals surface area contributed by atoms with Crippen LogP contribution in [-0.4, -0.2) is 57.2 Å². The SMILES string of the molecule is CC(C)NCC1CCCCN1S(=O)(=O)NCC1CCCO1. The minimum Gasteiger partial charge on any atom is -0.377 e. The van der Waals surface area contributed by atoms with Gasteiger partial charge < -0.3 is 10.1 Å². The van der Waals surface area contributed by atoms with Crippen LogP contribution < -0.4 is 10.0 Å². The summed E-state index contributed by atoms with van der Waals surface area (Å²) >= 11 is 0. The van der Waals surface area contributed by atoms with E-state index in [4.69, 9.17) is 4.74 Å². The van der Waals surface area contributed by atoms with Crippen molar-refractivity contribution < 1.29 is 13.2 Å². The fourth-order valence-electron chi connectivity index (χ4n) is 2.95. The van der Waals surface area contributed by atoms with E-state index in [-0.39, 0.29) is 12.1 Å². The first-order valence-electron chi connectivity index (χ1n) is 8.10. The van der Waals surface area contributed by atoms with Gasteiger partial charge in [-0.3, -0.25) is 0 Å². The summed E-state index contributed by atoms with van der Waals surface area (Å²) in [6, 6.07) is 0.430. The Labute approximate surface area is 128 Å².